The molecule has 0 saturated carbocycles. The van der Waals surface area contributed by atoms with Crippen LogP contribution in [0.2, 0.25) is 0 Å². The second-order valence-corrected chi connectivity index (χ2v) is 5.43. The van der Waals surface area contributed by atoms with Crippen molar-refractivity contribution in [3.63, 3.8) is 0 Å². The summed E-state index contributed by atoms with van der Waals surface area (Å²) in [5.74, 6) is 0. The molecule has 1 N–H and O–H groups in total. The van der Waals surface area contributed by atoms with E-state index in [1.807, 2.05) is 0 Å². The zero-order valence-corrected chi connectivity index (χ0v) is 11.4. The Morgan fingerprint density at radius 3 is 2.75 bits per heavy atom. The molecule has 20 heavy (non-hydrogen) atoms. The van der Waals surface area contributed by atoms with Gasteiger partial charge in [0.05, 0.1) is 4.92 Å². The maximum absolute atomic E-state index is 11.1. The van der Waals surface area contributed by atoms with Gasteiger partial charge in [-0.15, -0.1) is 0 Å². The molecule has 0 atom stereocenters. The van der Waals surface area contributed by atoms with E-state index in [2.05, 4.69) is 12.2 Å². The maximum Gasteiger partial charge on any atom is 0.293 e. The standard InChI is InChI=1S/C14H18N2O4/c1-14(4-6-20-7-5-14)10-15-12-3-2-11(9-17)8-13(12)16(18)19/h2-3,8-9,15H,4-7,10H2,1H3. The van der Waals surface area contributed by atoms with Crippen LogP contribution >= 0.6 is 0 Å². The highest BCUT2D eigenvalue weighted by molar-refractivity contribution is 5.79. The second-order valence-electron chi connectivity index (χ2n) is 5.43. The molecule has 0 aliphatic carbocycles. The summed E-state index contributed by atoms with van der Waals surface area (Å²) >= 11 is 0. The molecule has 0 radical (unpaired) electrons. The van der Waals surface area contributed by atoms with Gasteiger partial charge in [-0.05, 0) is 30.4 Å². The number of nitro groups is 1. The van der Waals surface area contributed by atoms with Crippen molar-refractivity contribution in [2.24, 2.45) is 5.41 Å². The van der Waals surface area contributed by atoms with Gasteiger partial charge in [0, 0.05) is 31.4 Å². The SMILES string of the molecule is CC1(CNc2ccc(C=O)cc2[N+](=O)[O-])CCOCC1. The Bertz CT molecular complexity index is 510. The van der Waals surface area contributed by atoms with E-state index in [4.69, 9.17) is 4.74 Å². The second kappa shape index (κ2) is 6.00. The van der Waals surface area contributed by atoms with Gasteiger partial charge in [-0.1, -0.05) is 6.92 Å². The Morgan fingerprint density at radius 1 is 1.45 bits per heavy atom. The summed E-state index contributed by atoms with van der Waals surface area (Å²) in [5.41, 5.74) is 0.772. The summed E-state index contributed by atoms with van der Waals surface area (Å²) in [4.78, 5) is 21.3. The third-order valence-electron chi connectivity index (χ3n) is 3.76. The lowest BCUT2D eigenvalue weighted by Gasteiger charge is -2.33. The summed E-state index contributed by atoms with van der Waals surface area (Å²) < 4.78 is 5.33. The molecule has 1 aromatic carbocycles. The van der Waals surface area contributed by atoms with Gasteiger partial charge in [0.1, 0.15) is 12.0 Å². The van der Waals surface area contributed by atoms with Crippen molar-refractivity contribution in [2.45, 2.75) is 19.8 Å². The topological polar surface area (TPSA) is 81.5 Å². The summed E-state index contributed by atoms with van der Waals surface area (Å²) in [6.45, 7) is 4.25. The number of rotatable bonds is 5. The van der Waals surface area contributed by atoms with Gasteiger partial charge >= 0.3 is 0 Å². The number of nitro benzene ring substituents is 1. The molecular formula is C14H18N2O4. The minimum absolute atomic E-state index is 0.0646. The van der Waals surface area contributed by atoms with E-state index < -0.39 is 4.92 Å². The van der Waals surface area contributed by atoms with Crippen LogP contribution < -0.4 is 5.32 Å². The highest BCUT2D eigenvalue weighted by atomic mass is 16.6. The zero-order valence-electron chi connectivity index (χ0n) is 11.4. The van der Waals surface area contributed by atoms with Gasteiger partial charge in [-0.25, -0.2) is 0 Å². The molecule has 0 spiro atoms. The van der Waals surface area contributed by atoms with Crippen LogP contribution in [0.5, 0.6) is 0 Å². The molecule has 6 heteroatoms. The lowest BCUT2D eigenvalue weighted by Crippen LogP contribution is -2.33. The summed E-state index contributed by atoms with van der Waals surface area (Å²) in [5, 5.41) is 14.2. The van der Waals surface area contributed by atoms with Gasteiger partial charge in [0.15, 0.2) is 0 Å². The minimum Gasteiger partial charge on any atom is -0.381 e. The van der Waals surface area contributed by atoms with Crippen LogP contribution in [0.25, 0.3) is 0 Å². The first-order chi connectivity index (χ1) is 9.54. The maximum atomic E-state index is 11.1. The van der Waals surface area contributed by atoms with Crippen molar-refractivity contribution in [1.29, 1.82) is 0 Å². The first-order valence-electron chi connectivity index (χ1n) is 6.59. The lowest BCUT2D eigenvalue weighted by atomic mass is 9.82. The van der Waals surface area contributed by atoms with E-state index in [0.29, 0.717) is 24.1 Å². The van der Waals surface area contributed by atoms with Crippen LogP contribution in [0.3, 0.4) is 0 Å². The van der Waals surface area contributed by atoms with Crippen LogP contribution in [0.15, 0.2) is 18.2 Å². The molecule has 2 rings (SSSR count). The number of ether oxygens (including phenoxy) is 1. The number of hydrogen-bond acceptors (Lipinski definition) is 5. The fourth-order valence-electron chi connectivity index (χ4n) is 2.27. The predicted molar refractivity (Wildman–Crippen MR) is 75.1 cm³/mol. The average molecular weight is 278 g/mol. The van der Waals surface area contributed by atoms with Crippen LogP contribution in [-0.2, 0) is 4.74 Å². The number of anilines is 1. The van der Waals surface area contributed by atoms with Gasteiger partial charge in [0.2, 0.25) is 0 Å². The number of nitrogens with one attached hydrogen (secondary N) is 1. The number of hydrogen-bond donors (Lipinski definition) is 1. The van der Waals surface area contributed by atoms with E-state index in [0.717, 1.165) is 26.1 Å². The van der Waals surface area contributed by atoms with Crippen molar-refractivity contribution in [3.8, 4) is 0 Å². The normalized spacial score (nSPS) is 17.4. The molecule has 1 aliphatic rings. The molecular weight excluding hydrogens is 260 g/mol. The van der Waals surface area contributed by atoms with Crippen molar-refractivity contribution in [2.75, 3.05) is 25.1 Å². The van der Waals surface area contributed by atoms with E-state index in [1.54, 1.807) is 12.1 Å². The number of carbonyl (C=O) groups is 1. The fourth-order valence-corrected chi connectivity index (χ4v) is 2.27. The van der Waals surface area contributed by atoms with Crippen LogP contribution in [0.4, 0.5) is 11.4 Å². The third-order valence-corrected chi connectivity index (χ3v) is 3.76. The number of nitrogens with zero attached hydrogens (tertiary/aromatic N) is 1. The smallest absolute Gasteiger partial charge is 0.293 e. The van der Waals surface area contributed by atoms with E-state index in [9.17, 15) is 14.9 Å². The van der Waals surface area contributed by atoms with E-state index >= 15 is 0 Å². The molecule has 1 saturated heterocycles. The Hall–Kier alpha value is -1.95. The molecule has 1 fully saturated rings. The van der Waals surface area contributed by atoms with Gasteiger partial charge in [-0.3, -0.25) is 14.9 Å². The monoisotopic (exact) mass is 278 g/mol. The molecule has 0 unspecified atom stereocenters. The molecule has 108 valence electrons. The third kappa shape index (κ3) is 3.33. The highest BCUT2D eigenvalue weighted by Gasteiger charge is 2.28. The largest absolute Gasteiger partial charge is 0.381 e. The summed E-state index contributed by atoms with van der Waals surface area (Å²) in [6.07, 6.45) is 2.47. The fraction of sp³-hybridized carbons (Fsp3) is 0.500. The van der Waals surface area contributed by atoms with Gasteiger partial charge < -0.3 is 10.1 Å². The Labute approximate surface area is 117 Å². The van der Waals surface area contributed by atoms with Gasteiger partial charge in [-0.2, -0.15) is 0 Å². The first kappa shape index (κ1) is 14.5. The Balaban J connectivity index is 2.12. The molecule has 1 aliphatic heterocycles. The predicted octanol–water partition coefficient (Wildman–Crippen LogP) is 2.64. The van der Waals surface area contributed by atoms with Crippen molar-refractivity contribution in [1.82, 2.24) is 0 Å². The van der Waals surface area contributed by atoms with Crippen molar-refractivity contribution in [3.05, 3.63) is 33.9 Å². The van der Waals surface area contributed by atoms with Crippen LogP contribution in [0.1, 0.15) is 30.1 Å². The summed E-state index contributed by atoms with van der Waals surface area (Å²) in [6, 6.07) is 4.46. The van der Waals surface area contributed by atoms with E-state index in [1.165, 1.54) is 6.07 Å². The molecule has 0 amide bonds. The van der Waals surface area contributed by atoms with Gasteiger partial charge in [0.25, 0.3) is 5.69 Å². The molecule has 1 heterocycles. The average Bonchev–Trinajstić information content (AvgIpc) is 2.45. The van der Waals surface area contributed by atoms with Crippen LogP contribution in [0, 0.1) is 15.5 Å². The highest BCUT2D eigenvalue weighted by Crippen LogP contribution is 2.32. The summed E-state index contributed by atoms with van der Waals surface area (Å²) in [7, 11) is 0. The zero-order chi connectivity index (χ0) is 14.6. The first-order valence-corrected chi connectivity index (χ1v) is 6.59. The lowest BCUT2D eigenvalue weighted by molar-refractivity contribution is -0.384. The quantitative estimate of drug-likeness (QED) is 0.508. The van der Waals surface area contributed by atoms with Crippen LogP contribution in [-0.4, -0.2) is 31.0 Å². The number of carbonyl (C=O) groups excluding carboxylic acids is 1. The van der Waals surface area contributed by atoms with Crippen molar-refractivity contribution < 1.29 is 14.5 Å². The molecule has 0 aromatic heterocycles. The number of aldehydes is 1. The molecule has 0 bridgehead atoms. The van der Waals surface area contributed by atoms with E-state index in [-0.39, 0.29) is 11.1 Å². The number of benzene rings is 1. The molecule has 1 aromatic rings. The van der Waals surface area contributed by atoms with Crippen molar-refractivity contribution >= 4 is 17.7 Å². The Morgan fingerprint density at radius 2 is 2.15 bits per heavy atom. The minimum atomic E-state index is -0.471. The Kier molecular flexibility index (Phi) is 4.34. The molecule has 6 nitrogen and oxygen atoms in total.